The summed E-state index contributed by atoms with van der Waals surface area (Å²) in [7, 11) is 0. The zero-order valence-corrected chi connectivity index (χ0v) is 11.1. The van der Waals surface area contributed by atoms with E-state index in [1.54, 1.807) is 12.1 Å². The first kappa shape index (κ1) is 14.2. The van der Waals surface area contributed by atoms with E-state index >= 15 is 0 Å². The molecule has 0 unspecified atom stereocenters. The molecule has 0 aliphatic rings. The molecule has 0 saturated heterocycles. The van der Waals surface area contributed by atoms with Gasteiger partial charge in [-0.2, -0.15) is 0 Å². The van der Waals surface area contributed by atoms with Gasteiger partial charge in [-0.05, 0) is 29.7 Å². The Hall–Kier alpha value is -2.20. The number of nitrogens with two attached hydrogens (primary N) is 1. The molecule has 0 radical (unpaired) electrons. The topological polar surface area (TPSA) is 55.1 Å². The quantitative estimate of drug-likeness (QED) is 0.847. The zero-order chi connectivity index (χ0) is 14.4. The predicted molar refractivity (Wildman–Crippen MR) is 76.5 cm³/mol. The molecule has 0 saturated carbocycles. The number of carbonyl (C=O) groups is 1. The van der Waals surface area contributed by atoms with E-state index in [-0.39, 0.29) is 5.82 Å². The summed E-state index contributed by atoms with van der Waals surface area (Å²) in [5.74, 6) is -0.656. The van der Waals surface area contributed by atoms with Crippen LogP contribution in [0.15, 0.2) is 54.6 Å². The fourth-order valence-electron chi connectivity index (χ4n) is 2.04. The van der Waals surface area contributed by atoms with E-state index in [4.69, 9.17) is 5.73 Å². The summed E-state index contributed by atoms with van der Waals surface area (Å²) >= 11 is 0. The molecule has 0 aliphatic carbocycles. The third kappa shape index (κ3) is 3.90. The van der Waals surface area contributed by atoms with Crippen molar-refractivity contribution in [3.63, 3.8) is 0 Å². The summed E-state index contributed by atoms with van der Waals surface area (Å²) in [6, 6.07) is 15.2. The van der Waals surface area contributed by atoms with Crippen LogP contribution in [0.25, 0.3) is 0 Å². The Bertz CT molecular complexity index is 554. The van der Waals surface area contributed by atoms with Crippen LogP contribution in [-0.4, -0.2) is 12.5 Å². The molecule has 4 heteroatoms. The number of benzene rings is 2. The van der Waals surface area contributed by atoms with Gasteiger partial charge in [-0.3, -0.25) is 4.79 Å². The van der Waals surface area contributed by atoms with Crippen molar-refractivity contribution in [3.05, 3.63) is 71.5 Å². The highest BCUT2D eigenvalue weighted by Gasteiger charge is 2.16. The zero-order valence-electron chi connectivity index (χ0n) is 11.1. The standard InChI is InChI=1S/C16H17FN2O/c17-14-8-6-12(7-9-14)10-11-19-15(16(18)20)13-4-2-1-3-5-13/h1-9,15,19H,10-11H2,(H2,18,20)/t15-/m1/s1. The lowest BCUT2D eigenvalue weighted by atomic mass is 10.1. The van der Waals surface area contributed by atoms with Gasteiger partial charge < -0.3 is 11.1 Å². The smallest absolute Gasteiger partial charge is 0.239 e. The van der Waals surface area contributed by atoms with E-state index < -0.39 is 11.9 Å². The molecule has 0 aromatic heterocycles. The largest absolute Gasteiger partial charge is 0.368 e. The Balaban J connectivity index is 1.93. The second-order valence-corrected chi connectivity index (χ2v) is 4.58. The van der Waals surface area contributed by atoms with Gasteiger partial charge in [0.2, 0.25) is 5.91 Å². The molecule has 2 aromatic carbocycles. The van der Waals surface area contributed by atoms with Crippen LogP contribution in [0.2, 0.25) is 0 Å². The van der Waals surface area contributed by atoms with Gasteiger partial charge in [0.15, 0.2) is 0 Å². The molecule has 104 valence electrons. The summed E-state index contributed by atoms with van der Waals surface area (Å²) in [6.45, 7) is 0.591. The molecule has 3 nitrogen and oxygen atoms in total. The van der Waals surface area contributed by atoms with Crippen LogP contribution in [0.3, 0.4) is 0 Å². The Kier molecular flexibility index (Phi) is 4.85. The van der Waals surface area contributed by atoms with E-state index in [2.05, 4.69) is 5.32 Å². The van der Waals surface area contributed by atoms with Crippen LogP contribution in [0.4, 0.5) is 4.39 Å². The molecule has 0 fully saturated rings. The second kappa shape index (κ2) is 6.82. The minimum atomic E-state index is -0.503. The third-order valence-corrected chi connectivity index (χ3v) is 3.09. The highest BCUT2D eigenvalue weighted by Crippen LogP contribution is 2.12. The summed E-state index contributed by atoms with van der Waals surface area (Å²) in [5, 5.41) is 3.13. The minimum absolute atomic E-state index is 0.249. The van der Waals surface area contributed by atoms with Crippen molar-refractivity contribution in [1.29, 1.82) is 0 Å². The number of hydrogen-bond donors (Lipinski definition) is 2. The Morgan fingerprint density at radius 1 is 1.10 bits per heavy atom. The molecule has 0 heterocycles. The fraction of sp³-hybridized carbons (Fsp3) is 0.188. The number of amides is 1. The van der Waals surface area contributed by atoms with Crippen molar-refractivity contribution in [2.24, 2.45) is 5.73 Å². The van der Waals surface area contributed by atoms with Crippen molar-refractivity contribution in [2.45, 2.75) is 12.5 Å². The lowest BCUT2D eigenvalue weighted by Crippen LogP contribution is -2.34. The number of rotatable bonds is 6. The van der Waals surface area contributed by atoms with Gasteiger partial charge >= 0.3 is 0 Å². The molecule has 20 heavy (non-hydrogen) atoms. The lowest BCUT2D eigenvalue weighted by Gasteiger charge is -2.15. The minimum Gasteiger partial charge on any atom is -0.368 e. The van der Waals surface area contributed by atoms with Crippen LogP contribution >= 0.6 is 0 Å². The van der Waals surface area contributed by atoms with Gasteiger partial charge in [-0.15, -0.1) is 0 Å². The summed E-state index contributed by atoms with van der Waals surface area (Å²) in [6.07, 6.45) is 0.705. The molecule has 1 amide bonds. The molecule has 0 aliphatic heterocycles. The summed E-state index contributed by atoms with van der Waals surface area (Å²) in [4.78, 5) is 11.5. The van der Waals surface area contributed by atoms with Crippen LogP contribution in [-0.2, 0) is 11.2 Å². The maximum atomic E-state index is 12.8. The van der Waals surface area contributed by atoms with Crippen molar-refractivity contribution < 1.29 is 9.18 Å². The average molecular weight is 272 g/mol. The fourth-order valence-corrected chi connectivity index (χ4v) is 2.04. The number of nitrogens with one attached hydrogen (secondary N) is 1. The molecular formula is C16H17FN2O. The van der Waals surface area contributed by atoms with Crippen LogP contribution in [0.5, 0.6) is 0 Å². The third-order valence-electron chi connectivity index (χ3n) is 3.09. The van der Waals surface area contributed by atoms with E-state index in [1.807, 2.05) is 30.3 Å². The molecule has 2 aromatic rings. The lowest BCUT2D eigenvalue weighted by molar-refractivity contribution is -0.120. The van der Waals surface area contributed by atoms with Gasteiger partial charge in [-0.1, -0.05) is 42.5 Å². The van der Waals surface area contributed by atoms with Crippen molar-refractivity contribution in [2.75, 3.05) is 6.54 Å². The first-order valence-electron chi connectivity index (χ1n) is 6.49. The van der Waals surface area contributed by atoms with Crippen molar-refractivity contribution in [1.82, 2.24) is 5.32 Å². The summed E-state index contributed by atoms with van der Waals surface area (Å²) in [5.41, 5.74) is 7.27. The second-order valence-electron chi connectivity index (χ2n) is 4.58. The van der Waals surface area contributed by atoms with E-state index in [1.165, 1.54) is 12.1 Å². The van der Waals surface area contributed by atoms with Crippen LogP contribution in [0, 0.1) is 5.82 Å². The highest BCUT2D eigenvalue weighted by molar-refractivity contribution is 5.81. The monoisotopic (exact) mass is 272 g/mol. The predicted octanol–water partition coefficient (Wildman–Crippen LogP) is 2.18. The maximum absolute atomic E-state index is 12.8. The first-order valence-corrected chi connectivity index (χ1v) is 6.49. The normalized spacial score (nSPS) is 12.1. The van der Waals surface area contributed by atoms with Gasteiger partial charge in [0.1, 0.15) is 11.9 Å². The van der Waals surface area contributed by atoms with E-state index in [9.17, 15) is 9.18 Å². The number of hydrogen-bond acceptors (Lipinski definition) is 2. The van der Waals surface area contributed by atoms with Gasteiger partial charge in [0.25, 0.3) is 0 Å². The molecule has 0 bridgehead atoms. The molecule has 3 N–H and O–H groups in total. The summed E-state index contributed by atoms with van der Waals surface area (Å²) < 4.78 is 12.8. The van der Waals surface area contributed by atoms with Crippen molar-refractivity contribution in [3.8, 4) is 0 Å². The van der Waals surface area contributed by atoms with Crippen LogP contribution < -0.4 is 11.1 Å². The van der Waals surface area contributed by atoms with E-state index in [0.717, 1.165) is 11.1 Å². The Labute approximate surface area is 117 Å². The molecule has 1 atom stereocenters. The number of primary amides is 1. The van der Waals surface area contributed by atoms with Crippen molar-refractivity contribution >= 4 is 5.91 Å². The van der Waals surface area contributed by atoms with Crippen LogP contribution in [0.1, 0.15) is 17.2 Å². The SMILES string of the molecule is NC(=O)[C@H](NCCc1ccc(F)cc1)c1ccccc1. The number of carbonyl (C=O) groups excluding carboxylic acids is 1. The van der Waals surface area contributed by atoms with E-state index in [0.29, 0.717) is 13.0 Å². The molecular weight excluding hydrogens is 255 g/mol. The van der Waals surface area contributed by atoms with Gasteiger partial charge in [0, 0.05) is 6.54 Å². The Morgan fingerprint density at radius 2 is 1.75 bits per heavy atom. The van der Waals surface area contributed by atoms with Gasteiger partial charge in [-0.25, -0.2) is 4.39 Å². The number of halogens is 1. The molecule has 0 spiro atoms. The Morgan fingerprint density at radius 3 is 2.35 bits per heavy atom. The first-order chi connectivity index (χ1) is 9.66. The highest BCUT2D eigenvalue weighted by atomic mass is 19.1. The maximum Gasteiger partial charge on any atom is 0.239 e. The molecule has 2 rings (SSSR count). The van der Waals surface area contributed by atoms with Gasteiger partial charge in [0.05, 0.1) is 0 Å². The average Bonchev–Trinajstić information content (AvgIpc) is 2.46.